The van der Waals surface area contributed by atoms with Gasteiger partial charge in [0, 0.05) is 12.1 Å². The second-order valence-corrected chi connectivity index (χ2v) is 5.82. The molecule has 1 amide bonds. The Morgan fingerprint density at radius 3 is 2.83 bits per heavy atom. The second kappa shape index (κ2) is 6.74. The SMILES string of the molecule is COc1ccc(CCNC(=O)c2ccc3nc[nH]c3c2)c(C)c1C. The molecule has 0 bridgehead atoms. The minimum absolute atomic E-state index is 0.0746. The molecule has 24 heavy (non-hydrogen) atoms. The number of H-pyrrole nitrogens is 1. The van der Waals surface area contributed by atoms with Crippen LogP contribution in [0.3, 0.4) is 0 Å². The fourth-order valence-electron chi connectivity index (χ4n) is 2.83. The van der Waals surface area contributed by atoms with Crippen molar-refractivity contribution >= 4 is 16.9 Å². The number of carbonyl (C=O) groups excluding carboxylic acids is 1. The van der Waals surface area contributed by atoms with Gasteiger partial charge in [-0.3, -0.25) is 4.79 Å². The van der Waals surface area contributed by atoms with E-state index in [0.29, 0.717) is 12.1 Å². The number of aromatic nitrogens is 2. The van der Waals surface area contributed by atoms with Gasteiger partial charge in [-0.05, 0) is 61.2 Å². The Bertz CT molecular complexity index is 883. The minimum atomic E-state index is -0.0746. The first kappa shape index (κ1) is 16.1. The number of rotatable bonds is 5. The summed E-state index contributed by atoms with van der Waals surface area (Å²) in [6.45, 7) is 4.73. The molecule has 0 spiro atoms. The molecule has 0 saturated heterocycles. The highest BCUT2D eigenvalue weighted by Crippen LogP contribution is 2.24. The topological polar surface area (TPSA) is 67.0 Å². The van der Waals surface area contributed by atoms with Crippen molar-refractivity contribution in [1.29, 1.82) is 0 Å². The van der Waals surface area contributed by atoms with Crippen LogP contribution in [0.2, 0.25) is 0 Å². The lowest BCUT2D eigenvalue weighted by Crippen LogP contribution is -2.25. The summed E-state index contributed by atoms with van der Waals surface area (Å²) in [5.41, 5.74) is 5.93. The molecular formula is C19H21N3O2. The van der Waals surface area contributed by atoms with Crippen molar-refractivity contribution in [2.45, 2.75) is 20.3 Å². The Morgan fingerprint density at radius 1 is 1.21 bits per heavy atom. The Kier molecular flexibility index (Phi) is 4.51. The van der Waals surface area contributed by atoms with Crippen molar-refractivity contribution in [2.75, 3.05) is 13.7 Å². The van der Waals surface area contributed by atoms with E-state index in [9.17, 15) is 4.79 Å². The van der Waals surface area contributed by atoms with Crippen molar-refractivity contribution in [3.05, 3.63) is 58.9 Å². The highest BCUT2D eigenvalue weighted by Gasteiger charge is 2.09. The summed E-state index contributed by atoms with van der Waals surface area (Å²) in [6.07, 6.45) is 2.41. The van der Waals surface area contributed by atoms with Crippen LogP contribution in [0.4, 0.5) is 0 Å². The number of nitrogens with one attached hydrogen (secondary N) is 2. The molecule has 3 rings (SSSR count). The van der Waals surface area contributed by atoms with Crippen molar-refractivity contribution in [3.63, 3.8) is 0 Å². The molecule has 0 radical (unpaired) electrons. The second-order valence-electron chi connectivity index (χ2n) is 5.82. The van der Waals surface area contributed by atoms with Crippen LogP contribution in [0.1, 0.15) is 27.0 Å². The highest BCUT2D eigenvalue weighted by molar-refractivity contribution is 5.97. The molecule has 1 heterocycles. The number of ether oxygens (including phenoxy) is 1. The maximum atomic E-state index is 12.3. The summed E-state index contributed by atoms with van der Waals surface area (Å²) in [5.74, 6) is 0.822. The van der Waals surface area contributed by atoms with Gasteiger partial charge in [-0.2, -0.15) is 0 Å². The van der Waals surface area contributed by atoms with E-state index in [1.165, 1.54) is 11.1 Å². The fourth-order valence-corrected chi connectivity index (χ4v) is 2.83. The van der Waals surface area contributed by atoms with Gasteiger partial charge in [-0.15, -0.1) is 0 Å². The first-order valence-electron chi connectivity index (χ1n) is 7.94. The molecule has 0 atom stereocenters. The van der Waals surface area contributed by atoms with Crippen LogP contribution in [0.15, 0.2) is 36.7 Å². The quantitative estimate of drug-likeness (QED) is 0.758. The van der Waals surface area contributed by atoms with Crippen LogP contribution < -0.4 is 10.1 Å². The minimum Gasteiger partial charge on any atom is -0.496 e. The molecule has 0 saturated carbocycles. The number of methoxy groups -OCH3 is 1. The van der Waals surface area contributed by atoms with Crippen LogP contribution in [-0.2, 0) is 6.42 Å². The lowest BCUT2D eigenvalue weighted by atomic mass is 10.00. The van der Waals surface area contributed by atoms with Crippen molar-refractivity contribution in [2.24, 2.45) is 0 Å². The van der Waals surface area contributed by atoms with E-state index >= 15 is 0 Å². The van der Waals surface area contributed by atoms with Crippen molar-refractivity contribution in [3.8, 4) is 5.75 Å². The molecular weight excluding hydrogens is 302 g/mol. The predicted octanol–water partition coefficient (Wildman–Crippen LogP) is 3.16. The Labute approximate surface area is 141 Å². The molecule has 0 aliphatic heterocycles. The molecule has 0 fully saturated rings. The summed E-state index contributed by atoms with van der Waals surface area (Å²) in [4.78, 5) is 19.5. The van der Waals surface area contributed by atoms with Crippen LogP contribution >= 0.6 is 0 Å². The average molecular weight is 323 g/mol. The maximum absolute atomic E-state index is 12.3. The van der Waals surface area contributed by atoms with E-state index in [-0.39, 0.29) is 5.91 Å². The van der Waals surface area contributed by atoms with E-state index in [4.69, 9.17) is 4.74 Å². The first-order chi connectivity index (χ1) is 11.6. The molecule has 3 aromatic rings. The zero-order valence-electron chi connectivity index (χ0n) is 14.1. The van der Waals surface area contributed by atoms with Crippen LogP contribution in [-0.4, -0.2) is 29.5 Å². The number of aromatic amines is 1. The Morgan fingerprint density at radius 2 is 2.04 bits per heavy atom. The largest absolute Gasteiger partial charge is 0.496 e. The Balaban J connectivity index is 1.63. The number of carbonyl (C=O) groups is 1. The number of amides is 1. The zero-order valence-corrected chi connectivity index (χ0v) is 14.1. The van der Waals surface area contributed by atoms with Gasteiger partial charge in [0.1, 0.15) is 5.75 Å². The molecule has 0 aliphatic carbocycles. The van der Waals surface area contributed by atoms with Crippen LogP contribution in [0.5, 0.6) is 5.75 Å². The molecule has 2 aromatic carbocycles. The summed E-state index contributed by atoms with van der Waals surface area (Å²) < 4.78 is 5.33. The molecule has 2 N–H and O–H groups in total. The summed E-state index contributed by atoms with van der Waals surface area (Å²) >= 11 is 0. The van der Waals surface area contributed by atoms with E-state index in [2.05, 4.69) is 35.2 Å². The number of nitrogens with zero attached hydrogens (tertiary/aromatic N) is 1. The molecule has 0 aliphatic rings. The van der Waals surface area contributed by atoms with Crippen molar-refractivity contribution < 1.29 is 9.53 Å². The summed E-state index contributed by atoms with van der Waals surface area (Å²) in [6, 6.07) is 9.50. The van der Waals surface area contributed by atoms with E-state index < -0.39 is 0 Å². The fraction of sp³-hybridized carbons (Fsp3) is 0.263. The third kappa shape index (κ3) is 3.11. The summed E-state index contributed by atoms with van der Waals surface area (Å²) in [5, 5.41) is 2.98. The smallest absolute Gasteiger partial charge is 0.251 e. The van der Waals surface area contributed by atoms with Gasteiger partial charge in [0.15, 0.2) is 0 Å². The lowest BCUT2D eigenvalue weighted by Gasteiger charge is -2.13. The predicted molar refractivity (Wildman–Crippen MR) is 94.6 cm³/mol. The molecule has 0 unspecified atom stereocenters. The molecule has 5 nitrogen and oxygen atoms in total. The van der Waals surface area contributed by atoms with Gasteiger partial charge >= 0.3 is 0 Å². The van der Waals surface area contributed by atoms with Gasteiger partial charge < -0.3 is 15.0 Å². The van der Waals surface area contributed by atoms with Gasteiger partial charge in [-0.25, -0.2) is 4.98 Å². The normalized spacial score (nSPS) is 10.8. The number of benzene rings is 2. The standard InChI is InChI=1S/C19H21N3O2/c1-12-13(2)18(24-3)7-5-14(12)8-9-20-19(23)15-4-6-16-17(10-15)22-11-21-16/h4-7,10-11H,8-9H2,1-3H3,(H,20,23)(H,21,22). The number of hydrogen-bond donors (Lipinski definition) is 2. The van der Waals surface area contributed by atoms with Gasteiger partial charge in [0.25, 0.3) is 5.91 Å². The highest BCUT2D eigenvalue weighted by atomic mass is 16.5. The van der Waals surface area contributed by atoms with Gasteiger partial charge in [-0.1, -0.05) is 6.07 Å². The zero-order chi connectivity index (χ0) is 17.1. The molecule has 1 aromatic heterocycles. The number of imidazole rings is 1. The van der Waals surface area contributed by atoms with Crippen LogP contribution in [0, 0.1) is 13.8 Å². The van der Waals surface area contributed by atoms with E-state index in [1.54, 1.807) is 19.5 Å². The monoisotopic (exact) mass is 323 g/mol. The maximum Gasteiger partial charge on any atom is 0.251 e. The van der Waals surface area contributed by atoms with Gasteiger partial charge in [0.2, 0.25) is 0 Å². The van der Waals surface area contributed by atoms with Crippen LogP contribution in [0.25, 0.3) is 11.0 Å². The van der Waals surface area contributed by atoms with E-state index in [0.717, 1.165) is 28.8 Å². The van der Waals surface area contributed by atoms with E-state index in [1.807, 2.05) is 18.2 Å². The number of hydrogen-bond acceptors (Lipinski definition) is 3. The number of fused-ring (bicyclic) bond motifs is 1. The first-order valence-corrected chi connectivity index (χ1v) is 7.94. The summed E-state index contributed by atoms with van der Waals surface area (Å²) in [7, 11) is 1.68. The Hall–Kier alpha value is -2.82. The van der Waals surface area contributed by atoms with Gasteiger partial charge in [0.05, 0.1) is 24.5 Å². The molecule has 5 heteroatoms. The molecule has 124 valence electrons. The third-order valence-electron chi connectivity index (χ3n) is 4.43. The third-order valence-corrected chi connectivity index (χ3v) is 4.43. The van der Waals surface area contributed by atoms with Crippen molar-refractivity contribution in [1.82, 2.24) is 15.3 Å². The lowest BCUT2D eigenvalue weighted by molar-refractivity contribution is 0.0954. The average Bonchev–Trinajstić information content (AvgIpc) is 3.06.